The summed E-state index contributed by atoms with van der Waals surface area (Å²) in [6.45, 7) is 0. The molecule has 0 nitrogen and oxygen atoms in total. The Hall–Kier alpha value is -2.03. The van der Waals surface area contributed by atoms with Gasteiger partial charge in [-0.05, 0) is 51.9 Å². The lowest BCUT2D eigenvalue weighted by atomic mass is 9.92. The zero-order valence-electron chi connectivity index (χ0n) is 12.8. The van der Waals surface area contributed by atoms with Gasteiger partial charge in [-0.15, -0.1) is 0 Å². The summed E-state index contributed by atoms with van der Waals surface area (Å²) in [7, 11) is 0. The number of hydrogen-bond donors (Lipinski definition) is 0. The van der Waals surface area contributed by atoms with Crippen LogP contribution in [-0.4, -0.2) is 0 Å². The molecule has 0 saturated carbocycles. The van der Waals surface area contributed by atoms with Gasteiger partial charge in [-0.25, -0.2) is 0 Å². The summed E-state index contributed by atoms with van der Waals surface area (Å²) in [6, 6.07) is 28.4. The Bertz CT molecular complexity index is 1080. The summed E-state index contributed by atoms with van der Waals surface area (Å²) >= 11 is 5.40. The predicted molar refractivity (Wildman–Crippen MR) is 107 cm³/mol. The summed E-state index contributed by atoms with van der Waals surface area (Å²) in [6.07, 6.45) is 0. The average Bonchev–Trinajstić information content (AvgIpc) is 2.63. The predicted octanol–water partition coefficient (Wildman–Crippen LogP) is 7.40. The van der Waals surface area contributed by atoms with Crippen molar-refractivity contribution in [3.8, 4) is 22.3 Å². The first-order valence-corrected chi connectivity index (χ1v) is 9.51. The lowest BCUT2D eigenvalue weighted by Gasteiger charge is -2.21. The second kappa shape index (κ2) is 5.51. The second-order valence-corrected chi connectivity index (χ2v) is 7.94. The Balaban J connectivity index is 1.84. The molecule has 5 rings (SSSR count). The fourth-order valence-corrected chi connectivity index (χ4v) is 4.86. The van der Waals surface area contributed by atoms with E-state index in [0.29, 0.717) is 0 Å². The van der Waals surface area contributed by atoms with Gasteiger partial charge in [0.05, 0.1) is 0 Å². The SMILES string of the molecule is Brc1ccc(-c2ccc3c4c(cccc24)-c2ccccc2S3)cc1. The molecule has 0 fully saturated rings. The van der Waals surface area contributed by atoms with E-state index in [4.69, 9.17) is 0 Å². The zero-order chi connectivity index (χ0) is 16.1. The third-order valence-electron chi connectivity index (χ3n) is 4.55. The first kappa shape index (κ1) is 14.3. The summed E-state index contributed by atoms with van der Waals surface area (Å²) in [5.74, 6) is 0. The lowest BCUT2D eigenvalue weighted by molar-refractivity contribution is 1.40. The van der Waals surface area contributed by atoms with Crippen LogP contribution in [0.15, 0.2) is 93.1 Å². The van der Waals surface area contributed by atoms with E-state index in [0.717, 1.165) is 4.47 Å². The highest BCUT2D eigenvalue weighted by molar-refractivity contribution is 9.10. The van der Waals surface area contributed by atoms with Gasteiger partial charge in [0.2, 0.25) is 0 Å². The molecule has 0 N–H and O–H groups in total. The highest BCUT2D eigenvalue weighted by Gasteiger charge is 2.19. The van der Waals surface area contributed by atoms with Gasteiger partial charge < -0.3 is 0 Å². The maximum Gasteiger partial charge on any atom is 0.0207 e. The number of fused-ring (bicyclic) bond motifs is 2. The van der Waals surface area contributed by atoms with Crippen LogP contribution in [-0.2, 0) is 0 Å². The molecule has 0 atom stereocenters. The van der Waals surface area contributed by atoms with E-state index in [1.165, 1.54) is 42.8 Å². The molecule has 4 aromatic rings. The Morgan fingerprint density at radius 2 is 1.38 bits per heavy atom. The minimum absolute atomic E-state index is 1.11. The van der Waals surface area contributed by atoms with E-state index in [-0.39, 0.29) is 0 Å². The van der Waals surface area contributed by atoms with Crippen LogP contribution in [0, 0.1) is 0 Å². The molecule has 1 aliphatic heterocycles. The van der Waals surface area contributed by atoms with Crippen LogP contribution in [0.5, 0.6) is 0 Å². The molecule has 0 bridgehead atoms. The van der Waals surface area contributed by atoms with Crippen molar-refractivity contribution >= 4 is 38.5 Å². The van der Waals surface area contributed by atoms with Crippen LogP contribution >= 0.6 is 27.7 Å². The molecule has 0 spiro atoms. The quantitative estimate of drug-likeness (QED) is 0.288. The van der Waals surface area contributed by atoms with Crippen LogP contribution in [0.4, 0.5) is 0 Å². The second-order valence-electron chi connectivity index (χ2n) is 5.94. The third-order valence-corrected chi connectivity index (χ3v) is 6.22. The largest absolute Gasteiger partial charge is 0.0888 e. The lowest BCUT2D eigenvalue weighted by Crippen LogP contribution is -1.93. The Labute approximate surface area is 153 Å². The molecule has 0 unspecified atom stereocenters. The highest BCUT2D eigenvalue weighted by atomic mass is 79.9. The molecule has 0 saturated heterocycles. The topological polar surface area (TPSA) is 0 Å². The molecule has 24 heavy (non-hydrogen) atoms. The van der Waals surface area contributed by atoms with Gasteiger partial charge in [-0.3, -0.25) is 0 Å². The van der Waals surface area contributed by atoms with Gasteiger partial charge in [-0.1, -0.05) is 82.3 Å². The van der Waals surface area contributed by atoms with Crippen molar-refractivity contribution in [1.29, 1.82) is 0 Å². The number of halogens is 1. The first-order chi connectivity index (χ1) is 11.8. The van der Waals surface area contributed by atoms with E-state index < -0.39 is 0 Å². The maximum atomic E-state index is 3.53. The first-order valence-electron chi connectivity index (χ1n) is 7.90. The van der Waals surface area contributed by atoms with Gasteiger partial charge >= 0.3 is 0 Å². The molecule has 4 aromatic carbocycles. The van der Waals surface area contributed by atoms with Crippen molar-refractivity contribution < 1.29 is 0 Å². The molecule has 0 radical (unpaired) electrons. The zero-order valence-corrected chi connectivity index (χ0v) is 15.2. The molecule has 1 aliphatic rings. The van der Waals surface area contributed by atoms with Gasteiger partial charge in [0.15, 0.2) is 0 Å². The van der Waals surface area contributed by atoms with E-state index >= 15 is 0 Å². The molecule has 114 valence electrons. The van der Waals surface area contributed by atoms with Crippen LogP contribution in [0.2, 0.25) is 0 Å². The van der Waals surface area contributed by atoms with E-state index in [9.17, 15) is 0 Å². The molecule has 0 amide bonds. The Kier molecular flexibility index (Phi) is 3.29. The van der Waals surface area contributed by atoms with Crippen molar-refractivity contribution in [3.63, 3.8) is 0 Å². The summed E-state index contributed by atoms with van der Waals surface area (Å²) in [4.78, 5) is 2.69. The minimum atomic E-state index is 1.11. The van der Waals surface area contributed by atoms with Crippen LogP contribution in [0.1, 0.15) is 0 Å². The van der Waals surface area contributed by atoms with Gasteiger partial charge in [-0.2, -0.15) is 0 Å². The molecule has 0 aromatic heterocycles. The smallest absolute Gasteiger partial charge is 0.0207 e. The molecule has 1 heterocycles. The third kappa shape index (κ3) is 2.14. The Morgan fingerprint density at radius 1 is 0.583 bits per heavy atom. The fraction of sp³-hybridized carbons (Fsp3) is 0. The normalized spacial score (nSPS) is 12.2. The van der Waals surface area contributed by atoms with E-state index in [1.807, 2.05) is 11.8 Å². The summed E-state index contributed by atoms with van der Waals surface area (Å²) in [5.41, 5.74) is 5.23. The van der Waals surface area contributed by atoms with E-state index in [2.05, 4.69) is 94.8 Å². The molecular formula is C22H13BrS. The molecule has 0 aliphatic carbocycles. The Morgan fingerprint density at radius 3 is 2.25 bits per heavy atom. The standard InChI is InChI=1S/C22H13BrS/c23-15-10-8-14(9-11-15)16-12-13-21-22-18(16)5-3-6-19(22)17-4-1-2-7-20(17)24-21/h1-13H. The van der Waals surface area contributed by atoms with Gasteiger partial charge in [0.25, 0.3) is 0 Å². The van der Waals surface area contributed by atoms with Crippen molar-refractivity contribution in [1.82, 2.24) is 0 Å². The minimum Gasteiger partial charge on any atom is -0.0888 e. The number of benzene rings is 4. The van der Waals surface area contributed by atoms with Crippen LogP contribution in [0.3, 0.4) is 0 Å². The van der Waals surface area contributed by atoms with E-state index in [1.54, 1.807) is 0 Å². The van der Waals surface area contributed by atoms with Crippen molar-refractivity contribution in [2.75, 3.05) is 0 Å². The van der Waals surface area contributed by atoms with Crippen molar-refractivity contribution in [2.24, 2.45) is 0 Å². The molecular weight excluding hydrogens is 376 g/mol. The average molecular weight is 389 g/mol. The fourth-order valence-electron chi connectivity index (χ4n) is 3.46. The van der Waals surface area contributed by atoms with Crippen molar-refractivity contribution in [3.05, 3.63) is 83.3 Å². The monoisotopic (exact) mass is 388 g/mol. The summed E-state index contributed by atoms with van der Waals surface area (Å²) < 4.78 is 1.11. The maximum absolute atomic E-state index is 3.53. The van der Waals surface area contributed by atoms with Gasteiger partial charge in [0.1, 0.15) is 0 Å². The van der Waals surface area contributed by atoms with Crippen LogP contribution < -0.4 is 0 Å². The van der Waals surface area contributed by atoms with Crippen molar-refractivity contribution in [2.45, 2.75) is 9.79 Å². The number of rotatable bonds is 1. The van der Waals surface area contributed by atoms with Gasteiger partial charge in [0, 0.05) is 19.6 Å². The van der Waals surface area contributed by atoms with Crippen LogP contribution in [0.25, 0.3) is 33.0 Å². The highest BCUT2D eigenvalue weighted by Crippen LogP contribution is 2.49. The number of hydrogen-bond acceptors (Lipinski definition) is 1. The molecule has 2 heteroatoms. The summed E-state index contributed by atoms with van der Waals surface area (Å²) in [5, 5.41) is 2.70.